The van der Waals surface area contributed by atoms with Crippen molar-refractivity contribution in [2.75, 3.05) is 0 Å². The monoisotopic (exact) mass is 302 g/mol. The van der Waals surface area contributed by atoms with E-state index < -0.39 is 12.1 Å². The molecule has 0 bridgehead atoms. The first-order valence-electron chi connectivity index (χ1n) is 5.20. The zero-order chi connectivity index (χ0) is 13.3. The van der Waals surface area contributed by atoms with Crippen molar-refractivity contribution >= 4 is 21.9 Å². The Hall–Kier alpha value is -1.07. The highest BCUT2D eigenvalue weighted by Crippen LogP contribution is 2.39. The van der Waals surface area contributed by atoms with Crippen LogP contribution in [0.1, 0.15) is 42.6 Å². The van der Waals surface area contributed by atoms with Gasteiger partial charge in [-0.15, -0.1) is 0 Å². The summed E-state index contributed by atoms with van der Waals surface area (Å²) in [5, 5.41) is 28.5. The summed E-state index contributed by atoms with van der Waals surface area (Å²) < 4.78 is 0.675. The summed E-state index contributed by atoms with van der Waals surface area (Å²) in [6.07, 6.45) is -1.72. The molecule has 0 aliphatic heterocycles. The predicted octanol–water partition coefficient (Wildman–Crippen LogP) is 2.70. The number of carbonyl (C=O) groups is 1. The number of rotatable bonds is 3. The summed E-state index contributed by atoms with van der Waals surface area (Å²) in [5.74, 6) is -1.49. The second-order valence-corrected chi connectivity index (χ2v) is 5.08. The summed E-state index contributed by atoms with van der Waals surface area (Å²) >= 11 is 3.30. The van der Waals surface area contributed by atoms with Crippen LogP contribution in [0.2, 0.25) is 0 Å². The first kappa shape index (κ1) is 14.0. The lowest BCUT2D eigenvalue weighted by Crippen LogP contribution is -2.13. The van der Waals surface area contributed by atoms with Crippen molar-refractivity contribution < 1.29 is 20.1 Å². The molecule has 4 nitrogen and oxygen atoms in total. The van der Waals surface area contributed by atoms with Gasteiger partial charge in [-0.2, -0.15) is 0 Å². The van der Waals surface area contributed by atoms with Gasteiger partial charge in [0.1, 0.15) is 5.75 Å². The van der Waals surface area contributed by atoms with E-state index in [2.05, 4.69) is 15.9 Å². The van der Waals surface area contributed by atoms with Crippen LogP contribution in [0.25, 0.3) is 0 Å². The third-order valence-electron chi connectivity index (χ3n) is 2.70. The molecule has 0 saturated heterocycles. The largest absolute Gasteiger partial charge is 0.507 e. The van der Waals surface area contributed by atoms with E-state index >= 15 is 0 Å². The Morgan fingerprint density at radius 2 is 1.94 bits per heavy atom. The Kier molecular flexibility index (Phi) is 4.16. The quantitative estimate of drug-likeness (QED) is 0.802. The van der Waals surface area contributed by atoms with E-state index in [1.807, 2.05) is 13.8 Å². The Balaban J connectivity index is 3.52. The molecule has 1 rings (SSSR count). The maximum atomic E-state index is 10.8. The van der Waals surface area contributed by atoms with Gasteiger partial charge < -0.3 is 15.3 Å². The Morgan fingerprint density at radius 3 is 2.35 bits per heavy atom. The maximum Gasteiger partial charge on any atom is 0.337 e. The van der Waals surface area contributed by atoms with Gasteiger partial charge in [-0.3, -0.25) is 0 Å². The molecule has 1 atom stereocenters. The van der Waals surface area contributed by atoms with E-state index in [1.165, 1.54) is 0 Å². The molecule has 1 aromatic rings. The van der Waals surface area contributed by atoms with Crippen LogP contribution >= 0.6 is 15.9 Å². The molecule has 0 aliphatic rings. The Labute approximate surface area is 108 Å². The highest BCUT2D eigenvalue weighted by molar-refractivity contribution is 9.10. The molecule has 17 heavy (non-hydrogen) atoms. The molecule has 3 N–H and O–H groups in total. The van der Waals surface area contributed by atoms with Gasteiger partial charge in [0.15, 0.2) is 6.10 Å². The third-order valence-corrected chi connectivity index (χ3v) is 3.53. The maximum absolute atomic E-state index is 10.8. The van der Waals surface area contributed by atoms with E-state index in [1.54, 1.807) is 13.0 Å². The smallest absolute Gasteiger partial charge is 0.337 e. The normalized spacial score (nSPS) is 12.8. The predicted molar refractivity (Wildman–Crippen MR) is 67.2 cm³/mol. The molecule has 0 heterocycles. The molecular weight excluding hydrogens is 288 g/mol. The number of phenolic OH excluding ortho intramolecular Hbond substituents is 1. The van der Waals surface area contributed by atoms with Gasteiger partial charge in [-0.1, -0.05) is 29.8 Å². The SMILES string of the molecule is Cc1c(Br)cc(C(C)C)c(O)c1C(O)C(=O)O. The van der Waals surface area contributed by atoms with Gasteiger partial charge in [0, 0.05) is 10.0 Å². The summed E-state index contributed by atoms with van der Waals surface area (Å²) in [5.41, 5.74) is 1.19. The summed E-state index contributed by atoms with van der Waals surface area (Å²) in [4.78, 5) is 10.8. The fourth-order valence-electron chi connectivity index (χ4n) is 1.67. The number of carboxylic acid groups (broad SMARTS) is 1. The van der Waals surface area contributed by atoms with E-state index in [4.69, 9.17) is 5.11 Å². The Bertz CT molecular complexity index is 454. The number of hydrogen-bond donors (Lipinski definition) is 3. The molecule has 0 aliphatic carbocycles. The molecule has 1 aromatic carbocycles. The van der Waals surface area contributed by atoms with Crippen LogP contribution in [0.5, 0.6) is 5.75 Å². The highest BCUT2D eigenvalue weighted by Gasteiger charge is 2.26. The number of carboxylic acids is 1. The highest BCUT2D eigenvalue weighted by atomic mass is 79.9. The first-order valence-corrected chi connectivity index (χ1v) is 5.99. The van der Waals surface area contributed by atoms with Crippen LogP contribution in [0.15, 0.2) is 10.5 Å². The van der Waals surface area contributed by atoms with Gasteiger partial charge >= 0.3 is 5.97 Å². The molecule has 0 amide bonds. The molecular formula is C12H15BrO4. The van der Waals surface area contributed by atoms with Gasteiger partial charge in [0.05, 0.1) is 0 Å². The van der Waals surface area contributed by atoms with Crippen molar-refractivity contribution in [3.05, 3.63) is 27.2 Å². The molecule has 1 unspecified atom stereocenters. The lowest BCUT2D eigenvalue weighted by Gasteiger charge is -2.18. The lowest BCUT2D eigenvalue weighted by molar-refractivity contribution is -0.147. The van der Waals surface area contributed by atoms with Crippen molar-refractivity contribution in [3.8, 4) is 5.75 Å². The van der Waals surface area contributed by atoms with E-state index in [9.17, 15) is 15.0 Å². The summed E-state index contributed by atoms with van der Waals surface area (Å²) in [7, 11) is 0. The lowest BCUT2D eigenvalue weighted by atomic mass is 9.93. The van der Waals surface area contributed by atoms with Crippen LogP contribution in [-0.4, -0.2) is 21.3 Å². The Morgan fingerprint density at radius 1 is 1.41 bits per heavy atom. The zero-order valence-electron chi connectivity index (χ0n) is 9.86. The first-order chi connectivity index (χ1) is 7.77. The van der Waals surface area contributed by atoms with E-state index in [0.29, 0.717) is 15.6 Å². The standard InChI is InChI=1S/C12H15BrO4/c1-5(2)7-4-8(13)6(3)9(10(7)14)11(15)12(16)17/h4-5,11,14-15H,1-3H3,(H,16,17). The molecule has 0 fully saturated rings. The number of aliphatic hydroxyl groups is 1. The number of aliphatic hydroxyl groups excluding tert-OH is 1. The minimum absolute atomic E-state index is 0.0339. The topological polar surface area (TPSA) is 77.8 Å². The van der Waals surface area contributed by atoms with Crippen LogP contribution in [0.3, 0.4) is 0 Å². The number of aliphatic carboxylic acids is 1. The van der Waals surface area contributed by atoms with Gasteiger partial charge in [0.2, 0.25) is 0 Å². The number of benzene rings is 1. The van der Waals surface area contributed by atoms with Crippen molar-refractivity contribution in [2.45, 2.75) is 32.8 Å². The second kappa shape index (κ2) is 5.06. The van der Waals surface area contributed by atoms with Crippen molar-refractivity contribution in [3.63, 3.8) is 0 Å². The van der Waals surface area contributed by atoms with E-state index in [-0.39, 0.29) is 17.2 Å². The van der Waals surface area contributed by atoms with Crippen molar-refractivity contribution in [1.29, 1.82) is 0 Å². The van der Waals surface area contributed by atoms with Crippen LogP contribution in [0, 0.1) is 6.92 Å². The molecule has 94 valence electrons. The number of phenols is 1. The fourth-order valence-corrected chi connectivity index (χ4v) is 2.13. The second-order valence-electron chi connectivity index (χ2n) is 4.23. The average molecular weight is 303 g/mol. The van der Waals surface area contributed by atoms with Crippen LogP contribution in [-0.2, 0) is 4.79 Å². The average Bonchev–Trinajstić information content (AvgIpc) is 2.22. The minimum Gasteiger partial charge on any atom is -0.507 e. The van der Waals surface area contributed by atoms with Gasteiger partial charge in [0.25, 0.3) is 0 Å². The number of aromatic hydroxyl groups is 1. The molecule has 5 heteroatoms. The summed E-state index contributed by atoms with van der Waals surface area (Å²) in [6.45, 7) is 5.41. The molecule has 0 aromatic heterocycles. The molecule has 0 radical (unpaired) electrons. The van der Waals surface area contributed by atoms with Gasteiger partial charge in [-0.25, -0.2) is 4.79 Å². The summed E-state index contributed by atoms with van der Waals surface area (Å²) in [6, 6.07) is 1.74. The van der Waals surface area contributed by atoms with Crippen LogP contribution in [0.4, 0.5) is 0 Å². The van der Waals surface area contributed by atoms with Crippen LogP contribution < -0.4 is 0 Å². The van der Waals surface area contributed by atoms with Gasteiger partial charge in [-0.05, 0) is 30.0 Å². The fraction of sp³-hybridized carbons (Fsp3) is 0.417. The minimum atomic E-state index is -1.72. The van der Waals surface area contributed by atoms with Crippen molar-refractivity contribution in [1.82, 2.24) is 0 Å². The van der Waals surface area contributed by atoms with E-state index in [0.717, 1.165) is 0 Å². The molecule has 0 spiro atoms. The third kappa shape index (κ3) is 2.61. The number of hydrogen-bond acceptors (Lipinski definition) is 3. The number of halogens is 1. The zero-order valence-corrected chi connectivity index (χ0v) is 11.4. The molecule has 0 saturated carbocycles. The van der Waals surface area contributed by atoms with Crippen molar-refractivity contribution in [2.24, 2.45) is 0 Å².